The van der Waals surface area contributed by atoms with Gasteiger partial charge in [0.2, 0.25) is 5.91 Å². The third-order valence-corrected chi connectivity index (χ3v) is 6.11. The topological polar surface area (TPSA) is 41.6 Å². The van der Waals surface area contributed by atoms with Gasteiger partial charge in [-0.1, -0.05) is 18.2 Å². The lowest BCUT2D eigenvalue weighted by Crippen LogP contribution is -2.47. The monoisotopic (exact) mass is 356 g/mol. The van der Waals surface area contributed by atoms with Gasteiger partial charge < -0.3 is 10.1 Å². The average Bonchev–Trinajstić information content (AvgIpc) is 3.25. The van der Waals surface area contributed by atoms with Crippen molar-refractivity contribution in [3.63, 3.8) is 0 Å². The number of fused-ring (bicyclic) bond motifs is 1. The number of nitrogens with zero attached hydrogens (tertiary/aromatic N) is 1. The molecule has 1 amide bonds. The van der Waals surface area contributed by atoms with Crippen molar-refractivity contribution in [2.75, 3.05) is 13.1 Å². The largest absolute Gasteiger partial charge is 0.488 e. The molecule has 4 rings (SSSR count). The SMILES string of the molecule is O=C(CN1CCc2sccc2C1)NC1CCCC1Oc1ccccc1. The minimum absolute atomic E-state index is 0.0798. The molecule has 1 aliphatic carbocycles. The quantitative estimate of drug-likeness (QED) is 0.894. The zero-order chi connectivity index (χ0) is 17.1. The molecule has 1 aliphatic heterocycles. The van der Waals surface area contributed by atoms with Gasteiger partial charge in [-0.05, 0) is 54.8 Å². The second-order valence-electron chi connectivity index (χ2n) is 6.90. The predicted molar refractivity (Wildman–Crippen MR) is 99.9 cm³/mol. The Morgan fingerprint density at radius 2 is 2.12 bits per heavy atom. The average molecular weight is 356 g/mol. The van der Waals surface area contributed by atoms with E-state index in [-0.39, 0.29) is 18.1 Å². The first-order chi connectivity index (χ1) is 12.3. The van der Waals surface area contributed by atoms with Crippen LogP contribution in [0.1, 0.15) is 29.7 Å². The predicted octanol–water partition coefficient (Wildman–Crippen LogP) is 3.22. The van der Waals surface area contributed by atoms with Crippen molar-refractivity contribution in [1.82, 2.24) is 10.2 Å². The van der Waals surface area contributed by atoms with Crippen LogP contribution in [0.15, 0.2) is 41.8 Å². The minimum atomic E-state index is 0.0798. The van der Waals surface area contributed by atoms with E-state index in [1.165, 1.54) is 10.4 Å². The molecule has 2 unspecified atom stereocenters. The van der Waals surface area contributed by atoms with E-state index in [1.807, 2.05) is 41.7 Å². The third-order valence-electron chi connectivity index (χ3n) is 5.08. The Morgan fingerprint density at radius 1 is 1.24 bits per heavy atom. The Morgan fingerprint density at radius 3 is 3.00 bits per heavy atom. The molecule has 2 aliphatic rings. The van der Waals surface area contributed by atoms with E-state index in [2.05, 4.69) is 21.7 Å². The van der Waals surface area contributed by atoms with Crippen molar-refractivity contribution in [1.29, 1.82) is 0 Å². The van der Waals surface area contributed by atoms with Crippen LogP contribution < -0.4 is 10.1 Å². The number of para-hydroxylation sites is 1. The number of rotatable bonds is 5. The minimum Gasteiger partial charge on any atom is -0.488 e. The molecular weight excluding hydrogens is 332 g/mol. The summed E-state index contributed by atoms with van der Waals surface area (Å²) in [5.74, 6) is 1.00. The molecule has 5 heteroatoms. The third kappa shape index (κ3) is 4.05. The van der Waals surface area contributed by atoms with Gasteiger partial charge in [0.15, 0.2) is 0 Å². The summed E-state index contributed by atoms with van der Waals surface area (Å²) in [7, 11) is 0. The number of ether oxygens (including phenoxy) is 1. The zero-order valence-corrected chi connectivity index (χ0v) is 15.1. The van der Waals surface area contributed by atoms with E-state index in [9.17, 15) is 4.79 Å². The summed E-state index contributed by atoms with van der Waals surface area (Å²) >= 11 is 1.83. The standard InChI is InChI=1S/C20H24N2O2S/c23-20(14-22-11-9-19-15(13-22)10-12-25-19)21-17-7-4-8-18(17)24-16-5-2-1-3-6-16/h1-3,5-6,10,12,17-18H,4,7-9,11,13-14H2,(H,21,23). The summed E-state index contributed by atoms with van der Waals surface area (Å²) in [5, 5.41) is 5.36. The molecule has 1 fully saturated rings. The highest BCUT2D eigenvalue weighted by Crippen LogP contribution is 2.26. The van der Waals surface area contributed by atoms with Crippen molar-refractivity contribution in [2.45, 2.75) is 44.4 Å². The van der Waals surface area contributed by atoms with Crippen LogP contribution in [-0.4, -0.2) is 36.0 Å². The van der Waals surface area contributed by atoms with E-state index in [4.69, 9.17) is 4.74 Å². The lowest BCUT2D eigenvalue weighted by atomic mass is 10.1. The molecule has 0 bridgehead atoms. The molecule has 132 valence electrons. The lowest BCUT2D eigenvalue weighted by Gasteiger charge is -2.28. The Kier molecular flexibility index (Phi) is 5.04. The maximum Gasteiger partial charge on any atom is 0.234 e. The molecule has 4 nitrogen and oxygen atoms in total. The number of carbonyl (C=O) groups excluding carboxylic acids is 1. The highest BCUT2D eigenvalue weighted by molar-refractivity contribution is 7.10. The number of nitrogens with one attached hydrogen (secondary N) is 1. The Labute approximate surface area is 152 Å². The maximum absolute atomic E-state index is 12.5. The van der Waals surface area contributed by atoms with Gasteiger partial charge in [-0.15, -0.1) is 11.3 Å². The van der Waals surface area contributed by atoms with Gasteiger partial charge in [-0.3, -0.25) is 9.69 Å². The number of thiophene rings is 1. The fourth-order valence-electron chi connectivity index (χ4n) is 3.80. The van der Waals surface area contributed by atoms with Gasteiger partial charge >= 0.3 is 0 Å². The summed E-state index contributed by atoms with van der Waals surface area (Å²) in [4.78, 5) is 16.2. The van der Waals surface area contributed by atoms with Crippen molar-refractivity contribution in [3.8, 4) is 5.75 Å². The van der Waals surface area contributed by atoms with Gasteiger partial charge in [0.05, 0.1) is 12.6 Å². The van der Waals surface area contributed by atoms with Crippen molar-refractivity contribution in [3.05, 3.63) is 52.2 Å². The Bertz CT molecular complexity index is 715. The lowest BCUT2D eigenvalue weighted by molar-refractivity contribution is -0.123. The molecule has 0 spiro atoms. The van der Waals surface area contributed by atoms with Crippen LogP contribution in [0.3, 0.4) is 0 Å². The van der Waals surface area contributed by atoms with Crippen LogP contribution in [0.2, 0.25) is 0 Å². The molecule has 0 saturated heterocycles. The number of carbonyl (C=O) groups is 1. The summed E-state index contributed by atoms with van der Waals surface area (Å²) in [6.07, 6.45) is 4.24. The molecule has 1 aromatic heterocycles. The van der Waals surface area contributed by atoms with Gasteiger partial charge in [0.1, 0.15) is 11.9 Å². The molecule has 1 N–H and O–H groups in total. The first-order valence-electron chi connectivity index (χ1n) is 9.06. The van der Waals surface area contributed by atoms with Gasteiger partial charge in [0, 0.05) is 18.0 Å². The molecule has 25 heavy (non-hydrogen) atoms. The Hall–Kier alpha value is -1.85. The molecule has 2 aromatic rings. The van der Waals surface area contributed by atoms with Crippen molar-refractivity contribution < 1.29 is 9.53 Å². The van der Waals surface area contributed by atoms with E-state index in [1.54, 1.807) is 0 Å². The van der Waals surface area contributed by atoms with Gasteiger partial charge in [-0.25, -0.2) is 0 Å². The highest BCUT2D eigenvalue weighted by atomic mass is 32.1. The first-order valence-corrected chi connectivity index (χ1v) is 9.94. The fraction of sp³-hybridized carbons (Fsp3) is 0.450. The van der Waals surface area contributed by atoms with Crippen molar-refractivity contribution >= 4 is 17.2 Å². The number of hydrogen-bond acceptors (Lipinski definition) is 4. The summed E-state index contributed by atoms with van der Waals surface area (Å²) in [5.41, 5.74) is 1.38. The smallest absolute Gasteiger partial charge is 0.234 e. The fourth-order valence-corrected chi connectivity index (χ4v) is 4.69. The summed E-state index contributed by atoms with van der Waals surface area (Å²) < 4.78 is 6.09. The molecule has 0 radical (unpaired) electrons. The van der Waals surface area contributed by atoms with E-state index in [0.717, 1.165) is 44.5 Å². The van der Waals surface area contributed by atoms with E-state index in [0.29, 0.717) is 6.54 Å². The van der Waals surface area contributed by atoms with Crippen LogP contribution in [0, 0.1) is 0 Å². The maximum atomic E-state index is 12.5. The normalized spacial score (nSPS) is 23.2. The molecular formula is C20H24N2O2S. The van der Waals surface area contributed by atoms with Crippen LogP contribution in [0.5, 0.6) is 5.75 Å². The molecule has 1 saturated carbocycles. The Balaban J connectivity index is 1.30. The molecule has 1 aromatic carbocycles. The number of amides is 1. The highest BCUT2D eigenvalue weighted by Gasteiger charge is 2.31. The van der Waals surface area contributed by atoms with Gasteiger partial charge in [0.25, 0.3) is 0 Å². The van der Waals surface area contributed by atoms with Crippen LogP contribution >= 0.6 is 11.3 Å². The van der Waals surface area contributed by atoms with Gasteiger partial charge in [-0.2, -0.15) is 0 Å². The first kappa shape index (κ1) is 16.6. The number of hydrogen-bond donors (Lipinski definition) is 1. The van der Waals surface area contributed by atoms with Crippen LogP contribution in [-0.2, 0) is 17.8 Å². The second kappa shape index (κ2) is 7.58. The summed E-state index contributed by atoms with van der Waals surface area (Å²) in [6.45, 7) is 2.33. The second-order valence-corrected chi connectivity index (χ2v) is 7.90. The summed E-state index contributed by atoms with van der Waals surface area (Å²) in [6, 6.07) is 12.2. The molecule has 2 heterocycles. The number of benzene rings is 1. The van der Waals surface area contributed by atoms with E-state index >= 15 is 0 Å². The van der Waals surface area contributed by atoms with Crippen LogP contribution in [0.4, 0.5) is 0 Å². The zero-order valence-electron chi connectivity index (χ0n) is 14.3. The van der Waals surface area contributed by atoms with Crippen molar-refractivity contribution in [2.24, 2.45) is 0 Å². The molecule has 2 atom stereocenters. The van der Waals surface area contributed by atoms with E-state index < -0.39 is 0 Å². The van der Waals surface area contributed by atoms with Crippen LogP contribution in [0.25, 0.3) is 0 Å².